The van der Waals surface area contributed by atoms with Crippen molar-refractivity contribution in [2.75, 3.05) is 13.2 Å². The first kappa shape index (κ1) is 13.2. The molecular formula is C15H23NO2. The number of likely N-dealkylation sites (tertiary alicyclic amines) is 1. The van der Waals surface area contributed by atoms with E-state index < -0.39 is 0 Å². The van der Waals surface area contributed by atoms with Crippen LogP contribution in [0.1, 0.15) is 32.8 Å². The van der Waals surface area contributed by atoms with Gasteiger partial charge in [-0.15, -0.1) is 0 Å². The second kappa shape index (κ2) is 5.61. The zero-order valence-electron chi connectivity index (χ0n) is 11.5. The van der Waals surface area contributed by atoms with Crippen molar-refractivity contribution in [1.82, 2.24) is 4.90 Å². The van der Waals surface area contributed by atoms with Gasteiger partial charge in [0.25, 0.3) is 0 Å². The van der Waals surface area contributed by atoms with E-state index in [2.05, 4.69) is 18.7 Å². The van der Waals surface area contributed by atoms with Gasteiger partial charge in [0.1, 0.15) is 0 Å². The van der Waals surface area contributed by atoms with E-state index >= 15 is 0 Å². The van der Waals surface area contributed by atoms with Crippen LogP contribution in [0, 0.1) is 5.92 Å². The van der Waals surface area contributed by atoms with Crippen LogP contribution in [-0.2, 0) is 6.54 Å². The van der Waals surface area contributed by atoms with Crippen LogP contribution >= 0.6 is 0 Å². The van der Waals surface area contributed by atoms with Gasteiger partial charge in [-0.2, -0.15) is 0 Å². The van der Waals surface area contributed by atoms with Gasteiger partial charge in [-0.3, -0.25) is 4.90 Å². The summed E-state index contributed by atoms with van der Waals surface area (Å²) < 4.78 is 5.42. The third kappa shape index (κ3) is 2.78. The number of benzene rings is 1. The zero-order chi connectivity index (χ0) is 13.1. The maximum Gasteiger partial charge on any atom is 0.162 e. The van der Waals surface area contributed by atoms with Crippen molar-refractivity contribution < 1.29 is 9.84 Å². The Balaban J connectivity index is 2.12. The van der Waals surface area contributed by atoms with E-state index in [1.165, 1.54) is 6.42 Å². The van der Waals surface area contributed by atoms with Gasteiger partial charge in [0, 0.05) is 24.7 Å². The lowest BCUT2D eigenvalue weighted by Gasteiger charge is -2.22. The molecule has 1 N–H and O–H groups in total. The highest BCUT2D eigenvalue weighted by Crippen LogP contribution is 2.32. The minimum atomic E-state index is 0.297. The van der Waals surface area contributed by atoms with E-state index in [1.807, 2.05) is 25.1 Å². The molecule has 100 valence electrons. The summed E-state index contributed by atoms with van der Waals surface area (Å²) in [7, 11) is 0. The molecule has 2 rings (SSSR count). The summed E-state index contributed by atoms with van der Waals surface area (Å²) in [6.07, 6.45) is 1.24. The molecule has 18 heavy (non-hydrogen) atoms. The average molecular weight is 249 g/mol. The molecule has 1 saturated heterocycles. The lowest BCUT2D eigenvalue weighted by Crippen LogP contribution is -2.26. The minimum absolute atomic E-state index is 0.297. The number of para-hydroxylation sites is 1. The van der Waals surface area contributed by atoms with Gasteiger partial charge in [0.15, 0.2) is 11.5 Å². The third-order valence-corrected chi connectivity index (χ3v) is 3.67. The van der Waals surface area contributed by atoms with Crippen LogP contribution < -0.4 is 4.74 Å². The van der Waals surface area contributed by atoms with Crippen LogP contribution in [0.25, 0.3) is 0 Å². The monoisotopic (exact) mass is 249 g/mol. The van der Waals surface area contributed by atoms with Crippen molar-refractivity contribution in [3.63, 3.8) is 0 Å². The van der Waals surface area contributed by atoms with Crippen LogP contribution in [0.3, 0.4) is 0 Å². The Bertz CT molecular complexity index is 405. The highest BCUT2D eigenvalue weighted by atomic mass is 16.5. The second-order valence-electron chi connectivity index (χ2n) is 5.32. The largest absolute Gasteiger partial charge is 0.504 e. The van der Waals surface area contributed by atoms with E-state index in [-0.39, 0.29) is 0 Å². The molecule has 1 aliphatic heterocycles. The van der Waals surface area contributed by atoms with Gasteiger partial charge in [0.05, 0.1) is 6.61 Å². The fraction of sp³-hybridized carbons (Fsp3) is 0.600. The van der Waals surface area contributed by atoms with E-state index in [1.54, 1.807) is 0 Å². The summed E-state index contributed by atoms with van der Waals surface area (Å²) in [5, 5.41) is 10.2. The molecule has 0 spiro atoms. The minimum Gasteiger partial charge on any atom is -0.504 e. The standard InChI is InChI=1S/C15H23NO2/c1-4-18-14-7-5-6-13(15(14)17)10-16-9-11(2)8-12(16)3/h5-7,11-12,17H,4,8-10H2,1-3H3. The number of phenolic OH excluding ortho intramolecular Hbond substituents is 1. The van der Waals surface area contributed by atoms with Gasteiger partial charge >= 0.3 is 0 Å². The van der Waals surface area contributed by atoms with Crippen LogP contribution in [0.2, 0.25) is 0 Å². The van der Waals surface area contributed by atoms with Crippen molar-refractivity contribution in [2.45, 2.75) is 39.8 Å². The summed E-state index contributed by atoms with van der Waals surface area (Å²) in [6.45, 7) is 8.96. The van der Waals surface area contributed by atoms with Crippen molar-refractivity contribution in [1.29, 1.82) is 0 Å². The Labute approximate surface area is 109 Å². The Morgan fingerprint density at radius 1 is 1.39 bits per heavy atom. The van der Waals surface area contributed by atoms with Crippen molar-refractivity contribution in [3.05, 3.63) is 23.8 Å². The molecule has 0 aliphatic carbocycles. The first-order valence-corrected chi connectivity index (χ1v) is 6.79. The molecule has 2 atom stereocenters. The number of ether oxygens (including phenoxy) is 1. The molecule has 0 radical (unpaired) electrons. The summed E-state index contributed by atoms with van der Waals surface area (Å²) in [4.78, 5) is 2.43. The van der Waals surface area contributed by atoms with E-state index in [0.29, 0.717) is 24.1 Å². The van der Waals surface area contributed by atoms with Crippen molar-refractivity contribution >= 4 is 0 Å². The maximum atomic E-state index is 10.2. The summed E-state index contributed by atoms with van der Waals surface area (Å²) in [5.41, 5.74) is 0.960. The van der Waals surface area contributed by atoms with Gasteiger partial charge in [0.2, 0.25) is 0 Å². The second-order valence-corrected chi connectivity index (χ2v) is 5.32. The molecule has 3 heteroatoms. The number of rotatable bonds is 4. The average Bonchev–Trinajstić information content (AvgIpc) is 2.63. The van der Waals surface area contributed by atoms with Gasteiger partial charge < -0.3 is 9.84 Å². The van der Waals surface area contributed by atoms with E-state index in [0.717, 1.165) is 24.6 Å². The van der Waals surface area contributed by atoms with Crippen LogP contribution in [0.15, 0.2) is 18.2 Å². The summed E-state index contributed by atoms with van der Waals surface area (Å²) in [6, 6.07) is 6.34. The number of phenols is 1. The topological polar surface area (TPSA) is 32.7 Å². The Morgan fingerprint density at radius 2 is 2.17 bits per heavy atom. The molecule has 3 nitrogen and oxygen atoms in total. The van der Waals surface area contributed by atoms with E-state index in [4.69, 9.17) is 4.74 Å². The lowest BCUT2D eigenvalue weighted by atomic mass is 10.1. The normalized spacial score (nSPS) is 24.4. The fourth-order valence-electron chi connectivity index (χ4n) is 2.79. The third-order valence-electron chi connectivity index (χ3n) is 3.67. The molecule has 0 amide bonds. The maximum absolute atomic E-state index is 10.2. The first-order chi connectivity index (χ1) is 8.61. The van der Waals surface area contributed by atoms with Gasteiger partial charge in [-0.05, 0) is 32.3 Å². The van der Waals surface area contributed by atoms with Gasteiger partial charge in [-0.25, -0.2) is 0 Å². The van der Waals surface area contributed by atoms with Crippen LogP contribution in [0.5, 0.6) is 11.5 Å². The predicted molar refractivity (Wildman–Crippen MR) is 72.9 cm³/mol. The smallest absolute Gasteiger partial charge is 0.162 e. The molecular weight excluding hydrogens is 226 g/mol. The van der Waals surface area contributed by atoms with Gasteiger partial charge in [-0.1, -0.05) is 19.1 Å². The van der Waals surface area contributed by atoms with Crippen molar-refractivity contribution in [3.8, 4) is 11.5 Å². The highest BCUT2D eigenvalue weighted by Gasteiger charge is 2.26. The van der Waals surface area contributed by atoms with Crippen molar-refractivity contribution in [2.24, 2.45) is 5.92 Å². The molecule has 0 aromatic heterocycles. The Hall–Kier alpha value is -1.22. The quantitative estimate of drug-likeness (QED) is 0.890. The van der Waals surface area contributed by atoms with E-state index in [9.17, 15) is 5.11 Å². The molecule has 0 saturated carbocycles. The van der Waals surface area contributed by atoms with Crippen LogP contribution in [-0.4, -0.2) is 29.2 Å². The predicted octanol–water partition coefficient (Wildman–Crippen LogP) is 3.02. The number of hydrogen-bond acceptors (Lipinski definition) is 3. The molecule has 2 unspecified atom stereocenters. The molecule has 1 heterocycles. The van der Waals surface area contributed by atoms with Crippen LogP contribution in [0.4, 0.5) is 0 Å². The molecule has 0 bridgehead atoms. The molecule has 1 aromatic carbocycles. The zero-order valence-corrected chi connectivity index (χ0v) is 11.5. The summed E-state index contributed by atoms with van der Waals surface area (Å²) in [5.74, 6) is 1.64. The highest BCUT2D eigenvalue weighted by molar-refractivity contribution is 5.45. The SMILES string of the molecule is CCOc1cccc(CN2CC(C)CC2C)c1O. The first-order valence-electron chi connectivity index (χ1n) is 6.79. The molecule has 1 aliphatic rings. The molecule has 1 aromatic rings. The Kier molecular flexibility index (Phi) is 4.12. The number of aromatic hydroxyl groups is 1. The lowest BCUT2D eigenvalue weighted by molar-refractivity contribution is 0.250. The summed E-state index contributed by atoms with van der Waals surface area (Å²) >= 11 is 0. The number of nitrogens with zero attached hydrogens (tertiary/aromatic N) is 1. The number of hydrogen-bond donors (Lipinski definition) is 1. The molecule has 1 fully saturated rings. The fourth-order valence-corrected chi connectivity index (χ4v) is 2.79. The Morgan fingerprint density at radius 3 is 2.78 bits per heavy atom.